The first-order chi connectivity index (χ1) is 12.2. The van der Waals surface area contributed by atoms with Gasteiger partial charge in [0.15, 0.2) is 0 Å². The summed E-state index contributed by atoms with van der Waals surface area (Å²) in [5.41, 5.74) is 4.32. The standard InChI is InChI=1S/C20H15N3OS/c1-13-15(19-23-17-11-6-12-21-20(17)25-19)9-5-10-16(13)22-18(24)14-7-3-2-4-8-14/h2-12H,1H3,(H,22,24). The molecule has 4 rings (SSSR count). The fourth-order valence-electron chi connectivity index (χ4n) is 2.67. The Balaban J connectivity index is 1.69. The Morgan fingerprint density at radius 2 is 1.84 bits per heavy atom. The van der Waals surface area contributed by atoms with Crippen molar-refractivity contribution in [3.8, 4) is 10.6 Å². The minimum absolute atomic E-state index is 0.119. The molecule has 1 amide bonds. The van der Waals surface area contributed by atoms with Gasteiger partial charge in [-0.3, -0.25) is 4.79 Å². The van der Waals surface area contributed by atoms with Gasteiger partial charge in [0.2, 0.25) is 0 Å². The Labute approximate surface area is 149 Å². The maximum atomic E-state index is 12.4. The van der Waals surface area contributed by atoms with Crippen LogP contribution in [0.25, 0.3) is 20.9 Å². The van der Waals surface area contributed by atoms with Gasteiger partial charge in [0, 0.05) is 23.0 Å². The number of hydrogen-bond donors (Lipinski definition) is 1. The smallest absolute Gasteiger partial charge is 0.255 e. The molecule has 0 saturated carbocycles. The van der Waals surface area contributed by atoms with Crippen LogP contribution in [0.2, 0.25) is 0 Å². The molecular formula is C20H15N3OS. The van der Waals surface area contributed by atoms with Gasteiger partial charge in [0.05, 0.1) is 0 Å². The molecule has 0 bridgehead atoms. The van der Waals surface area contributed by atoms with E-state index in [0.29, 0.717) is 5.56 Å². The average Bonchev–Trinajstić information content (AvgIpc) is 3.08. The van der Waals surface area contributed by atoms with Gasteiger partial charge >= 0.3 is 0 Å². The normalized spacial score (nSPS) is 10.8. The van der Waals surface area contributed by atoms with E-state index in [9.17, 15) is 4.79 Å². The van der Waals surface area contributed by atoms with Crippen LogP contribution >= 0.6 is 11.3 Å². The van der Waals surface area contributed by atoms with Crippen molar-refractivity contribution < 1.29 is 4.79 Å². The maximum Gasteiger partial charge on any atom is 0.255 e. The van der Waals surface area contributed by atoms with Gasteiger partial charge in [-0.25, -0.2) is 9.97 Å². The Kier molecular flexibility index (Phi) is 3.99. The van der Waals surface area contributed by atoms with Crippen LogP contribution in [0.3, 0.4) is 0 Å². The summed E-state index contributed by atoms with van der Waals surface area (Å²) in [7, 11) is 0. The lowest BCUT2D eigenvalue weighted by molar-refractivity contribution is 0.102. The number of amides is 1. The molecule has 5 heteroatoms. The van der Waals surface area contributed by atoms with Gasteiger partial charge in [-0.05, 0) is 42.8 Å². The van der Waals surface area contributed by atoms with E-state index in [0.717, 1.165) is 32.2 Å². The number of anilines is 1. The van der Waals surface area contributed by atoms with Crippen molar-refractivity contribution in [2.45, 2.75) is 6.92 Å². The lowest BCUT2D eigenvalue weighted by atomic mass is 10.1. The second-order valence-corrected chi connectivity index (χ2v) is 6.62. The molecule has 0 aliphatic rings. The van der Waals surface area contributed by atoms with E-state index in [1.165, 1.54) is 0 Å². The summed E-state index contributed by atoms with van der Waals surface area (Å²) in [4.78, 5) is 22.4. The molecule has 0 fully saturated rings. The van der Waals surface area contributed by atoms with Crippen LogP contribution in [0.1, 0.15) is 15.9 Å². The predicted octanol–water partition coefficient (Wildman–Crippen LogP) is 4.92. The summed E-state index contributed by atoms with van der Waals surface area (Å²) in [6.45, 7) is 2.00. The van der Waals surface area contributed by atoms with Crippen LogP contribution in [0.5, 0.6) is 0 Å². The van der Waals surface area contributed by atoms with Gasteiger partial charge in [-0.2, -0.15) is 0 Å². The van der Waals surface area contributed by atoms with Crippen molar-refractivity contribution in [2.75, 3.05) is 5.32 Å². The van der Waals surface area contributed by atoms with E-state index in [1.807, 2.05) is 55.5 Å². The first-order valence-electron chi connectivity index (χ1n) is 7.90. The number of benzene rings is 2. The van der Waals surface area contributed by atoms with Crippen molar-refractivity contribution in [1.29, 1.82) is 0 Å². The third-order valence-corrected chi connectivity index (χ3v) is 5.03. The van der Waals surface area contributed by atoms with Crippen molar-refractivity contribution in [3.63, 3.8) is 0 Å². The number of thiazole rings is 1. The fraction of sp³-hybridized carbons (Fsp3) is 0.0500. The van der Waals surface area contributed by atoms with Crippen molar-refractivity contribution in [1.82, 2.24) is 9.97 Å². The number of nitrogens with one attached hydrogen (secondary N) is 1. The highest BCUT2D eigenvalue weighted by Crippen LogP contribution is 2.33. The Morgan fingerprint density at radius 3 is 2.64 bits per heavy atom. The highest BCUT2D eigenvalue weighted by Gasteiger charge is 2.13. The van der Waals surface area contributed by atoms with Crippen LogP contribution in [-0.4, -0.2) is 15.9 Å². The van der Waals surface area contributed by atoms with E-state index in [2.05, 4.69) is 15.3 Å². The van der Waals surface area contributed by atoms with E-state index < -0.39 is 0 Å². The number of carbonyl (C=O) groups is 1. The lowest BCUT2D eigenvalue weighted by Gasteiger charge is -2.11. The third kappa shape index (κ3) is 3.02. The van der Waals surface area contributed by atoms with E-state index in [-0.39, 0.29) is 5.91 Å². The summed E-state index contributed by atoms with van der Waals surface area (Å²) in [5, 5.41) is 3.90. The molecule has 0 saturated heterocycles. The molecule has 0 radical (unpaired) electrons. The van der Waals surface area contributed by atoms with Crippen molar-refractivity contribution in [3.05, 3.63) is 78.0 Å². The average molecular weight is 345 g/mol. The fourth-order valence-corrected chi connectivity index (χ4v) is 3.66. The van der Waals surface area contributed by atoms with Crippen LogP contribution in [0.4, 0.5) is 5.69 Å². The molecule has 25 heavy (non-hydrogen) atoms. The second kappa shape index (κ2) is 6.45. The lowest BCUT2D eigenvalue weighted by Crippen LogP contribution is -2.12. The van der Waals surface area contributed by atoms with Gasteiger partial charge in [-0.1, -0.05) is 41.7 Å². The number of nitrogens with zero attached hydrogens (tertiary/aromatic N) is 2. The molecule has 1 N–H and O–H groups in total. The molecule has 0 atom stereocenters. The topological polar surface area (TPSA) is 54.9 Å². The Hall–Kier alpha value is -3.05. The first kappa shape index (κ1) is 15.5. The van der Waals surface area contributed by atoms with Crippen LogP contribution in [-0.2, 0) is 0 Å². The molecule has 0 aliphatic carbocycles. The highest BCUT2D eigenvalue weighted by atomic mass is 32.1. The van der Waals surface area contributed by atoms with Crippen LogP contribution in [0, 0.1) is 6.92 Å². The molecule has 122 valence electrons. The SMILES string of the molecule is Cc1c(NC(=O)c2ccccc2)cccc1-c1nc2cccnc2s1. The van der Waals surface area contributed by atoms with Gasteiger partial charge in [-0.15, -0.1) is 0 Å². The number of fused-ring (bicyclic) bond motifs is 1. The largest absolute Gasteiger partial charge is 0.322 e. The van der Waals surface area contributed by atoms with Crippen LogP contribution < -0.4 is 5.32 Å². The summed E-state index contributed by atoms with van der Waals surface area (Å²) >= 11 is 1.55. The molecule has 0 spiro atoms. The number of aromatic nitrogens is 2. The summed E-state index contributed by atoms with van der Waals surface area (Å²) < 4.78 is 0. The zero-order valence-corrected chi connectivity index (χ0v) is 14.4. The van der Waals surface area contributed by atoms with Gasteiger partial charge in [0.25, 0.3) is 5.91 Å². The van der Waals surface area contributed by atoms with E-state index >= 15 is 0 Å². The van der Waals surface area contributed by atoms with Gasteiger partial charge in [0.1, 0.15) is 15.4 Å². The summed E-state index contributed by atoms with van der Waals surface area (Å²) in [5.74, 6) is -0.119. The van der Waals surface area contributed by atoms with E-state index in [4.69, 9.17) is 0 Å². The van der Waals surface area contributed by atoms with E-state index in [1.54, 1.807) is 29.7 Å². The first-order valence-corrected chi connectivity index (χ1v) is 8.72. The van der Waals surface area contributed by atoms with Crippen LogP contribution in [0.15, 0.2) is 66.9 Å². The molecule has 2 heterocycles. The zero-order valence-electron chi connectivity index (χ0n) is 13.6. The number of carbonyl (C=O) groups excluding carboxylic acids is 1. The van der Waals surface area contributed by atoms with Gasteiger partial charge < -0.3 is 5.32 Å². The molecule has 4 aromatic rings. The Morgan fingerprint density at radius 1 is 1.00 bits per heavy atom. The monoisotopic (exact) mass is 345 g/mol. The molecule has 0 aliphatic heterocycles. The van der Waals surface area contributed by atoms with Crippen molar-refractivity contribution in [2.24, 2.45) is 0 Å². The predicted molar refractivity (Wildman–Crippen MR) is 102 cm³/mol. The minimum atomic E-state index is -0.119. The third-order valence-electron chi connectivity index (χ3n) is 4.01. The number of rotatable bonds is 3. The molecule has 0 unspecified atom stereocenters. The molecular weight excluding hydrogens is 330 g/mol. The molecule has 2 aromatic heterocycles. The summed E-state index contributed by atoms with van der Waals surface area (Å²) in [6.07, 6.45) is 1.77. The molecule has 4 nitrogen and oxygen atoms in total. The second-order valence-electron chi connectivity index (χ2n) is 5.64. The highest BCUT2D eigenvalue weighted by molar-refractivity contribution is 7.21. The summed E-state index contributed by atoms with van der Waals surface area (Å²) in [6, 6.07) is 18.9. The van der Waals surface area contributed by atoms with Crippen molar-refractivity contribution >= 4 is 33.3 Å². The quantitative estimate of drug-likeness (QED) is 0.573. The number of hydrogen-bond acceptors (Lipinski definition) is 4. The number of pyridine rings is 1. The zero-order chi connectivity index (χ0) is 17.2. The molecule has 2 aromatic carbocycles. The Bertz CT molecular complexity index is 1020. The minimum Gasteiger partial charge on any atom is -0.322 e. The maximum absolute atomic E-state index is 12.4.